The second kappa shape index (κ2) is 5.95. The Hall–Kier alpha value is -2.09. The number of amides is 1. The summed E-state index contributed by atoms with van der Waals surface area (Å²) in [5.41, 5.74) is -0.708. The molecule has 0 spiro atoms. The lowest BCUT2D eigenvalue weighted by Gasteiger charge is -2.56. The number of nitrogens with zero attached hydrogens (tertiary/aromatic N) is 4. The fraction of sp³-hybridized carbons (Fsp3) is 0.684. The van der Waals surface area contributed by atoms with E-state index in [1.807, 2.05) is 0 Å². The molecule has 0 unspecified atom stereocenters. The minimum atomic E-state index is -0.500. The monoisotopic (exact) mass is 405 g/mol. The van der Waals surface area contributed by atoms with Crippen molar-refractivity contribution in [3.63, 3.8) is 0 Å². The minimum Gasteiger partial charge on any atom is -0.349 e. The van der Waals surface area contributed by atoms with Gasteiger partial charge in [0.2, 0.25) is 11.2 Å². The molecule has 0 aliphatic heterocycles. The van der Waals surface area contributed by atoms with Crippen LogP contribution < -0.4 is 16.6 Å². The molecule has 4 saturated carbocycles. The first-order valence-corrected chi connectivity index (χ1v) is 10.3. The lowest BCUT2D eigenvalue weighted by molar-refractivity contribution is -0.127. The molecule has 0 aromatic carbocycles. The van der Waals surface area contributed by atoms with E-state index in [0.29, 0.717) is 0 Å². The van der Waals surface area contributed by atoms with Crippen LogP contribution in [0.2, 0.25) is 5.28 Å². The molecule has 0 atom stereocenters. The van der Waals surface area contributed by atoms with Gasteiger partial charge in [-0.15, -0.1) is 0 Å². The van der Waals surface area contributed by atoms with Gasteiger partial charge in [0.1, 0.15) is 6.54 Å². The number of hydrogen-bond acceptors (Lipinski definition) is 4. The van der Waals surface area contributed by atoms with Crippen molar-refractivity contribution >= 4 is 28.7 Å². The maximum absolute atomic E-state index is 12.9. The van der Waals surface area contributed by atoms with E-state index in [0.717, 1.165) is 41.6 Å². The predicted molar refractivity (Wildman–Crippen MR) is 104 cm³/mol. The summed E-state index contributed by atoms with van der Waals surface area (Å²) >= 11 is 6.24. The second-order valence-electron chi connectivity index (χ2n) is 9.09. The molecule has 2 heterocycles. The molecular formula is C19H24ClN5O3. The number of carbonyl (C=O) groups excluding carboxylic acids is 1. The minimum absolute atomic E-state index is 0.0361. The number of aryl methyl sites for hydroxylation is 1. The zero-order valence-electron chi connectivity index (χ0n) is 16.1. The zero-order chi connectivity index (χ0) is 19.8. The highest BCUT2D eigenvalue weighted by Gasteiger charge is 2.51. The van der Waals surface area contributed by atoms with Gasteiger partial charge in [-0.3, -0.25) is 23.3 Å². The Kier molecular flexibility index (Phi) is 3.82. The maximum atomic E-state index is 12.9. The summed E-state index contributed by atoms with van der Waals surface area (Å²) in [4.78, 5) is 41.8. The Morgan fingerprint density at radius 1 is 1.11 bits per heavy atom. The molecule has 0 saturated heterocycles. The molecule has 1 N–H and O–H groups in total. The van der Waals surface area contributed by atoms with Crippen LogP contribution in [0.25, 0.3) is 11.2 Å². The van der Waals surface area contributed by atoms with Crippen LogP contribution in [0.1, 0.15) is 38.5 Å². The van der Waals surface area contributed by atoms with Crippen LogP contribution in [0.3, 0.4) is 0 Å². The van der Waals surface area contributed by atoms with Crippen molar-refractivity contribution in [2.75, 3.05) is 0 Å². The third-order valence-electron chi connectivity index (χ3n) is 7.05. The van der Waals surface area contributed by atoms with Crippen molar-refractivity contribution in [1.82, 2.24) is 24.0 Å². The van der Waals surface area contributed by atoms with Crippen LogP contribution in [0.4, 0.5) is 0 Å². The van der Waals surface area contributed by atoms with E-state index in [-0.39, 0.29) is 34.4 Å². The van der Waals surface area contributed by atoms with E-state index < -0.39 is 11.2 Å². The Balaban J connectivity index is 1.46. The topological polar surface area (TPSA) is 90.9 Å². The summed E-state index contributed by atoms with van der Waals surface area (Å²) in [5, 5.41) is 3.33. The number of nitrogens with one attached hydrogen (secondary N) is 1. The highest BCUT2D eigenvalue weighted by molar-refractivity contribution is 6.29. The molecule has 2 aromatic heterocycles. The van der Waals surface area contributed by atoms with Gasteiger partial charge in [0.05, 0.1) is 0 Å². The summed E-state index contributed by atoms with van der Waals surface area (Å²) < 4.78 is 3.69. The van der Waals surface area contributed by atoms with E-state index in [4.69, 9.17) is 11.6 Å². The van der Waals surface area contributed by atoms with E-state index in [1.54, 1.807) is 0 Å². The molecule has 4 aliphatic carbocycles. The van der Waals surface area contributed by atoms with Crippen LogP contribution >= 0.6 is 11.6 Å². The Morgan fingerprint density at radius 3 is 2.25 bits per heavy atom. The van der Waals surface area contributed by atoms with Crippen LogP contribution in [-0.2, 0) is 25.4 Å². The van der Waals surface area contributed by atoms with Crippen LogP contribution in [0.15, 0.2) is 9.59 Å². The van der Waals surface area contributed by atoms with E-state index in [9.17, 15) is 14.4 Å². The lowest BCUT2D eigenvalue weighted by atomic mass is 9.53. The predicted octanol–water partition coefficient (Wildman–Crippen LogP) is 1.17. The summed E-state index contributed by atoms with van der Waals surface area (Å²) in [6, 6.07) is 0. The summed E-state index contributed by atoms with van der Waals surface area (Å²) in [6.45, 7) is -0.0788. The van der Waals surface area contributed by atoms with E-state index in [2.05, 4.69) is 10.3 Å². The molecule has 4 aliphatic rings. The quantitative estimate of drug-likeness (QED) is 0.776. The van der Waals surface area contributed by atoms with Gasteiger partial charge in [-0.05, 0) is 67.9 Å². The summed E-state index contributed by atoms with van der Waals surface area (Å²) in [7, 11) is 2.94. The molecular weight excluding hydrogens is 382 g/mol. The van der Waals surface area contributed by atoms with Gasteiger partial charge < -0.3 is 5.32 Å². The zero-order valence-corrected chi connectivity index (χ0v) is 16.8. The van der Waals surface area contributed by atoms with Crippen molar-refractivity contribution in [3.05, 3.63) is 26.1 Å². The molecule has 6 rings (SSSR count). The Morgan fingerprint density at radius 2 is 1.68 bits per heavy atom. The molecule has 8 nitrogen and oxygen atoms in total. The normalized spacial score (nSPS) is 30.9. The fourth-order valence-electron chi connectivity index (χ4n) is 6.31. The third kappa shape index (κ3) is 2.57. The van der Waals surface area contributed by atoms with E-state index >= 15 is 0 Å². The van der Waals surface area contributed by atoms with Gasteiger partial charge in [0.25, 0.3) is 5.56 Å². The fourth-order valence-corrected chi connectivity index (χ4v) is 6.53. The van der Waals surface area contributed by atoms with Crippen molar-refractivity contribution in [1.29, 1.82) is 0 Å². The summed E-state index contributed by atoms with van der Waals surface area (Å²) in [6.07, 6.45) is 7.07. The van der Waals surface area contributed by atoms with Crippen molar-refractivity contribution in [2.24, 2.45) is 31.8 Å². The summed E-state index contributed by atoms with van der Waals surface area (Å²) in [5.74, 6) is 2.03. The SMILES string of the molecule is Cn1c(=O)c2c(nc(Cl)n2CC(=O)NC23CC4CC(CC(C4)C2)C3)n(C)c1=O. The Bertz CT molecular complexity index is 1080. The van der Waals surface area contributed by atoms with Gasteiger partial charge >= 0.3 is 5.69 Å². The first kappa shape index (κ1) is 18.0. The van der Waals surface area contributed by atoms with E-state index in [1.165, 1.54) is 42.5 Å². The number of carbonyl (C=O) groups is 1. The number of rotatable bonds is 3. The number of aromatic nitrogens is 4. The Labute approximate surface area is 166 Å². The van der Waals surface area contributed by atoms with Crippen LogP contribution in [-0.4, -0.2) is 30.1 Å². The largest absolute Gasteiger partial charge is 0.349 e. The number of hydrogen-bond donors (Lipinski definition) is 1. The highest BCUT2D eigenvalue weighted by Crippen LogP contribution is 2.55. The van der Waals surface area contributed by atoms with Gasteiger partial charge in [0, 0.05) is 19.6 Å². The molecule has 4 bridgehead atoms. The van der Waals surface area contributed by atoms with Crippen molar-refractivity contribution in [2.45, 2.75) is 50.6 Å². The smallest absolute Gasteiger partial charge is 0.332 e. The average molecular weight is 406 g/mol. The molecule has 4 fully saturated rings. The highest BCUT2D eigenvalue weighted by atomic mass is 35.5. The molecule has 1 amide bonds. The number of imidazole rings is 1. The molecule has 28 heavy (non-hydrogen) atoms. The average Bonchev–Trinajstić information content (AvgIpc) is 2.93. The molecule has 9 heteroatoms. The van der Waals surface area contributed by atoms with Crippen LogP contribution in [0.5, 0.6) is 0 Å². The second-order valence-corrected chi connectivity index (χ2v) is 9.43. The van der Waals surface area contributed by atoms with Gasteiger partial charge in [-0.25, -0.2) is 4.79 Å². The van der Waals surface area contributed by atoms with Crippen LogP contribution in [0, 0.1) is 17.8 Å². The van der Waals surface area contributed by atoms with Gasteiger partial charge in [-0.2, -0.15) is 4.98 Å². The lowest BCUT2D eigenvalue weighted by Crippen LogP contribution is -2.60. The third-order valence-corrected chi connectivity index (χ3v) is 7.33. The van der Waals surface area contributed by atoms with Crippen molar-refractivity contribution in [3.8, 4) is 0 Å². The maximum Gasteiger partial charge on any atom is 0.332 e. The first-order valence-electron chi connectivity index (χ1n) is 9.89. The molecule has 0 radical (unpaired) electrons. The van der Waals surface area contributed by atoms with Gasteiger partial charge in [-0.1, -0.05) is 0 Å². The molecule has 2 aromatic rings. The molecule has 150 valence electrons. The first-order chi connectivity index (χ1) is 13.3. The van der Waals surface area contributed by atoms with Crippen molar-refractivity contribution < 1.29 is 4.79 Å². The number of halogens is 1. The van der Waals surface area contributed by atoms with Gasteiger partial charge in [0.15, 0.2) is 11.2 Å². The standard InChI is InChI=1S/C19H24ClN5O3/c1-23-15-14(16(27)24(2)18(23)28)25(17(20)21-15)9-13(26)22-19-6-10-3-11(7-19)5-12(4-10)8-19/h10-12H,3-9H2,1-2H3,(H,22,26). The number of fused-ring (bicyclic) bond motifs is 1.